The molecule has 1 heteroatoms. The lowest BCUT2D eigenvalue weighted by Gasteiger charge is -2.20. The third kappa shape index (κ3) is 1.81. The second-order valence-electron chi connectivity index (χ2n) is 5.97. The highest BCUT2D eigenvalue weighted by Crippen LogP contribution is 2.49. The molecule has 0 unspecified atom stereocenters. The van der Waals surface area contributed by atoms with Crippen molar-refractivity contribution in [3.8, 4) is 0 Å². The highest BCUT2D eigenvalue weighted by atomic mass is 14.8. The molecule has 2 N–H and O–H groups in total. The van der Waals surface area contributed by atoms with Crippen molar-refractivity contribution in [3.05, 3.63) is 35.4 Å². The van der Waals surface area contributed by atoms with E-state index in [-0.39, 0.29) is 11.0 Å². The summed E-state index contributed by atoms with van der Waals surface area (Å²) < 4.78 is 0. The van der Waals surface area contributed by atoms with Gasteiger partial charge in [-0.1, -0.05) is 52.0 Å². The second-order valence-corrected chi connectivity index (χ2v) is 5.97. The van der Waals surface area contributed by atoms with E-state index in [2.05, 4.69) is 52.0 Å². The second kappa shape index (κ2) is 3.08. The lowest BCUT2D eigenvalue weighted by Crippen LogP contribution is -2.21. The van der Waals surface area contributed by atoms with E-state index in [0.29, 0.717) is 5.92 Å². The Morgan fingerprint density at radius 1 is 1.20 bits per heavy atom. The average Bonchev–Trinajstić information content (AvgIpc) is 2.75. The molecule has 0 amide bonds. The van der Waals surface area contributed by atoms with Crippen LogP contribution in [-0.2, 0) is 11.0 Å². The minimum Gasteiger partial charge on any atom is -0.321 e. The molecular formula is C14H21N. The molecule has 82 valence electrons. The number of benzene rings is 1. The summed E-state index contributed by atoms with van der Waals surface area (Å²) in [5, 5.41) is 0. The van der Waals surface area contributed by atoms with Crippen molar-refractivity contribution in [3.63, 3.8) is 0 Å². The fourth-order valence-electron chi connectivity index (χ4n) is 2.13. The van der Waals surface area contributed by atoms with E-state index in [9.17, 15) is 0 Å². The highest BCUT2D eigenvalue weighted by Gasteiger charge is 2.48. The third-order valence-electron chi connectivity index (χ3n) is 3.65. The van der Waals surface area contributed by atoms with Gasteiger partial charge in [0.05, 0.1) is 0 Å². The van der Waals surface area contributed by atoms with E-state index in [1.54, 1.807) is 0 Å². The number of rotatable bonds is 1. The molecule has 15 heavy (non-hydrogen) atoms. The van der Waals surface area contributed by atoms with Gasteiger partial charge in [0.1, 0.15) is 0 Å². The molecule has 1 fully saturated rings. The zero-order valence-corrected chi connectivity index (χ0v) is 10.2. The van der Waals surface area contributed by atoms with Crippen LogP contribution in [0, 0.1) is 5.92 Å². The summed E-state index contributed by atoms with van der Waals surface area (Å²) in [6.45, 7) is 8.93. The van der Waals surface area contributed by atoms with E-state index in [0.717, 1.165) is 6.42 Å². The van der Waals surface area contributed by atoms with Crippen molar-refractivity contribution in [2.75, 3.05) is 0 Å². The summed E-state index contributed by atoms with van der Waals surface area (Å²) in [6, 6.07) is 8.83. The van der Waals surface area contributed by atoms with Gasteiger partial charge in [0.25, 0.3) is 0 Å². The minimum atomic E-state index is -0.0313. The SMILES string of the molecule is C[C@@H]1C[C@@]1(N)c1ccc(C(C)(C)C)cc1. The largest absolute Gasteiger partial charge is 0.321 e. The molecule has 1 saturated carbocycles. The van der Waals surface area contributed by atoms with E-state index < -0.39 is 0 Å². The monoisotopic (exact) mass is 203 g/mol. The molecule has 0 spiro atoms. The summed E-state index contributed by atoms with van der Waals surface area (Å²) in [5.74, 6) is 0.637. The average molecular weight is 203 g/mol. The van der Waals surface area contributed by atoms with Gasteiger partial charge < -0.3 is 5.73 Å². The standard InChI is InChI=1S/C14H21N/c1-10-9-14(10,15)12-7-5-11(6-8-12)13(2,3)4/h5-8,10H,9,15H2,1-4H3/t10-,14+/m1/s1. The Hall–Kier alpha value is -0.820. The number of hydrogen-bond donors (Lipinski definition) is 1. The maximum absolute atomic E-state index is 6.27. The van der Waals surface area contributed by atoms with Crippen molar-refractivity contribution >= 4 is 0 Å². The van der Waals surface area contributed by atoms with Crippen LogP contribution in [0.5, 0.6) is 0 Å². The van der Waals surface area contributed by atoms with Gasteiger partial charge in [-0.2, -0.15) is 0 Å². The fourth-order valence-corrected chi connectivity index (χ4v) is 2.13. The number of hydrogen-bond acceptors (Lipinski definition) is 1. The molecule has 0 saturated heterocycles. The normalized spacial score (nSPS) is 30.3. The quantitative estimate of drug-likeness (QED) is 0.745. The molecule has 0 radical (unpaired) electrons. The van der Waals surface area contributed by atoms with E-state index in [1.807, 2.05) is 0 Å². The summed E-state index contributed by atoms with van der Waals surface area (Å²) >= 11 is 0. The van der Waals surface area contributed by atoms with Gasteiger partial charge in [0.2, 0.25) is 0 Å². The van der Waals surface area contributed by atoms with E-state index in [4.69, 9.17) is 5.73 Å². The molecule has 1 aromatic rings. The Morgan fingerprint density at radius 3 is 2.00 bits per heavy atom. The van der Waals surface area contributed by atoms with Gasteiger partial charge in [-0.25, -0.2) is 0 Å². The Labute approximate surface area is 92.7 Å². The Morgan fingerprint density at radius 2 is 1.67 bits per heavy atom. The maximum atomic E-state index is 6.27. The summed E-state index contributed by atoms with van der Waals surface area (Å²) in [4.78, 5) is 0. The maximum Gasteiger partial charge on any atom is 0.0439 e. The van der Waals surface area contributed by atoms with Crippen LogP contribution in [-0.4, -0.2) is 0 Å². The summed E-state index contributed by atoms with van der Waals surface area (Å²) in [6.07, 6.45) is 1.13. The van der Waals surface area contributed by atoms with E-state index in [1.165, 1.54) is 11.1 Å². The molecule has 0 aliphatic heterocycles. The topological polar surface area (TPSA) is 26.0 Å². The summed E-state index contributed by atoms with van der Waals surface area (Å²) in [7, 11) is 0. The zero-order valence-electron chi connectivity index (χ0n) is 10.2. The smallest absolute Gasteiger partial charge is 0.0439 e. The predicted octanol–water partition coefficient (Wildman–Crippen LogP) is 3.18. The molecule has 2 atom stereocenters. The molecule has 1 aliphatic rings. The van der Waals surface area contributed by atoms with Crippen molar-refractivity contribution in [2.45, 2.75) is 45.1 Å². The van der Waals surface area contributed by atoms with Crippen LogP contribution in [0.15, 0.2) is 24.3 Å². The fraction of sp³-hybridized carbons (Fsp3) is 0.571. The van der Waals surface area contributed by atoms with Crippen molar-refractivity contribution in [1.29, 1.82) is 0 Å². The van der Waals surface area contributed by atoms with Crippen LogP contribution < -0.4 is 5.73 Å². The first kappa shape index (κ1) is 10.7. The third-order valence-corrected chi connectivity index (χ3v) is 3.65. The highest BCUT2D eigenvalue weighted by molar-refractivity contribution is 5.35. The Kier molecular flexibility index (Phi) is 2.20. The van der Waals surface area contributed by atoms with Crippen LogP contribution in [0.2, 0.25) is 0 Å². The predicted molar refractivity (Wildman–Crippen MR) is 64.8 cm³/mol. The van der Waals surface area contributed by atoms with Crippen LogP contribution in [0.25, 0.3) is 0 Å². The lowest BCUT2D eigenvalue weighted by molar-refractivity contribution is 0.588. The van der Waals surface area contributed by atoms with Crippen LogP contribution in [0.4, 0.5) is 0 Å². The Bertz CT molecular complexity index is 358. The van der Waals surface area contributed by atoms with Crippen LogP contribution in [0.3, 0.4) is 0 Å². The van der Waals surface area contributed by atoms with Gasteiger partial charge in [-0.3, -0.25) is 0 Å². The van der Waals surface area contributed by atoms with Crippen LogP contribution in [0.1, 0.15) is 45.2 Å². The number of nitrogens with two attached hydrogens (primary N) is 1. The lowest BCUT2D eigenvalue weighted by atomic mass is 9.86. The van der Waals surface area contributed by atoms with Gasteiger partial charge in [0.15, 0.2) is 0 Å². The van der Waals surface area contributed by atoms with Crippen molar-refractivity contribution < 1.29 is 0 Å². The van der Waals surface area contributed by atoms with Crippen molar-refractivity contribution in [2.24, 2.45) is 11.7 Å². The van der Waals surface area contributed by atoms with Gasteiger partial charge >= 0.3 is 0 Å². The molecule has 0 bridgehead atoms. The van der Waals surface area contributed by atoms with Gasteiger partial charge in [-0.05, 0) is 28.9 Å². The van der Waals surface area contributed by atoms with E-state index >= 15 is 0 Å². The molecular weight excluding hydrogens is 182 g/mol. The first-order valence-corrected chi connectivity index (χ1v) is 5.74. The van der Waals surface area contributed by atoms with Crippen LogP contribution >= 0.6 is 0 Å². The molecule has 0 heterocycles. The molecule has 1 aromatic carbocycles. The summed E-state index contributed by atoms with van der Waals surface area (Å²) in [5.41, 5.74) is 9.14. The zero-order chi connectivity index (χ0) is 11.3. The minimum absolute atomic E-state index is 0.0313. The van der Waals surface area contributed by atoms with Gasteiger partial charge in [-0.15, -0.1) is 0 Å². The molecule has 1 nitrogen and oxygen atoms in total. The first-order chi connectivity index (χ1) is 6.84. The molecule has 2 rings (SSSR count). The Balaban J connectivity index is 2.26. The van der Waals surface area contributed by atoms with Crippen molar-refractivity contribution in [1.82, 2.24) is 0 Å². The van der Waals surface area contributed by atoms with Gasteiger partial charge in [0, 0.05) is 5.54 Å². The molecule has 1 aliphatic carbocycles. The molecule has 0 aromatic heterocycles. The first-order valence-electron chi connectivity index (χ1n) is 5.74.